The summed E-state index contributed by atoms with van der Waals surface area (Å²) in [4.78, 5) is 10.3. The smallest absolute Gasteiger partial charge is 0.404 e. The molecular weight excluding hydrogens is 168 g/mol. The van der Waals surface area contributed by atoms with Gasteiger partial charge < -0.3 is 10.4 Å². The third-order valence-electron chi connectivity index (χ3n) is 2.24. The molecular formula is C9H12N2O2. The first-order chi connectivity index (χ1) is 6.22. The van der Waals surface area contributed by atoms with Crippen molar-refractivity contribution in [1.29, 1.82) is 5.26 Å². The molecule has 0 aromatic rings. The molecule has 0 saturated heterocycles. The van der Waals surface area contributed by atoms with Crippen LogP contribution in [0.3, 0.4) is 0 Å². The second-order valence-corrected chi connectivity index (χ2v) is 3.21. The number of nitrogens with one attached hydrogen (secondary N) is 1. The summed E-state index contributed by atoms with van der Waals surface area (Å²) in [5, 5.41) is 19.2. The zero-order valence-electron chi connectivity index (χ0n) is 7.23. The van der Waals surface area contributed by atoms with Crippen molar-refractivity contribution in [3.05, 3.63) is 12.2 Å². The highest BCUT2D eigenvalue weighted by Gasteiger charge is 2.23. The number of carboxylic acid groups (broad SMARTS) is 1. The quantitative estimate of drug-likeness (QED) is 0.632. The van der Waals surface area contributed by atoms with Gasteiger partial charge in [0.15, 0.2) is 0 Å². The van der Waals surface area contributed by atoms with Gasteiger partial charge in [-0.3, -0.25) is 0 Å². The van der Waals surface area contributed by atoms with Crippen molar-refractivity contribution in [2.24, 2.45) is 5.92 Å². The van der Waals surface area contributed by atoms with E-state index >= 15 is 0 Å². The molecule has 0 aromatic heterocycles. The minimum atomic E-state index is -0.963. The molecule has 1 aliphatic rings. The van der Waals surface area contributed by atoms with Gasteiger partial charge in [0.25, 0.3) is 0 Å². The maximum absolute atomic E-state index is 10.3. The van der Waals surface area contributed by atoms with Gasteiger partial charge in [0.1, 0.15) is 0 Å². The van der Waals surface area contributed by atoms with E-state index in [0.29, 0.717) is 5.92 Å². The van der Waals surface area contributed by atoms with Crippen molar-refractivity contribution >= 4 is 6.09 Å². The predicted molar refractivity (Wildman–Crippen MR) is 47.0 cm³/mol. The molecule has 2 atom stereocenters. The van der Waals surface area contributed by atoms with Gasteiger partial charge in [-0.1, -0.05) is 6.08 Å². The monoisotopic (exact) mass is 180 g/mol. The highest BCUT2D eigenvalue weighted by atomic mass is 16.4. The van der Waals surface area contributed by atoms with E-state index in [9.17, 15) is 4.79 Å². The molecule has 0 heterocycles. The van der Waals surface area contributed by atoms with Crippen LogP contribution in [-0.2, 0) is 0 Å². The molecule has 2 unspecified atom stereocenters. The molecule has 4 nitrogen and oxygen atoms in total. The van der Waals surface area contributed by atoms with Crippen LogP contribution < -0.4 is 5.32 Å². The number of hydrogen-bond acceptors (Lipinski definition) is 2. The molecule has 1 fully saturated rings. The Morgan fingerprint density at radius 3 is 3.00 bits per heavy atom. The fourth-order valence-corrected chi connectivity index (χ4v) is 1.68. The molecule has 0 aromatic carbocycles. The fraction of sp³-hybridized carbons (Fsp3) is 0.556. The SMILES string of the molecule is N#C/C=C/C1CCC(NC(=O)O)C1. The standard InChI is InChI=1S/C9H12N2O2/c10-5-1-2-7-3-4-8(6-7)11-9(12)13/h1-2,7-8,11H,3-4,6H2,(H,12,13)/b2-1+. The summed E-state index contributed by atoms with van der Waals surface area (Å²) in [7, 11) is 0. The van der Waals surface area contributed by atoms with Gasteiger partial charge in [-0.15, -0.1) is 0 Å². The molecule has 70 valence electrons. The molecule has 4 heteroatoms. The second kappa shape index (κ2) is 4.51. The number of carbonyl (C=O) groups is 1. The van der Waals surface area contributed by atoms with Crippen LogP contribution in [0.2, 0.25) is 0 Å². The number of amides is 1. The number of allylic oxidation sites excluding steroid dienone is 2. The molecule has 1 amide bonds. The van der Waals surface area contributed by atoms with Crippen LogP contribution in [0.25, 0.3) is 0 Å². The van der Waals surface area contributed by atoms with Crippen molar-refractivity contribution in [1.82, 2.24) is 5.32 Å². The van der Waals surface area contributed by atoms with Gasteiger partial charge in [-0.25, -0.2) is 4.79 Å². The van der Waals surface area contributed by atoms with Crippen molar-refractivity contribution in [3.63, 3.8) is 0 Å². The van der Waals surface area contributed by atoms with E-state index in [1.165, 1.54) is 6.08 Å². The lowest BCUT2D eigenvalue weighted by molar-refractivity contribution is 0.190. The predicted octanol–water partition coefficient (Wildman–Crippen LogP) is 1.50. The van der Waals surface area contributed by atoms with Crippen LogP contribution >= 0.6 is 0 Å². The zero-order chi connectivity index (χ0) is 9.68. The number of nitrogens with zero attached hydrogens (tertiary/aromatic N) is 1. The molecule has 2 N–H and O–H groups in total. The van der Waals surface area contributed by atoms with Gasteiger partial charge in [0.05, 0.1) is 6.07 Å². The van der Waals surface area contributed by atoms with E-state index < -0.39 is 6.09 Å². The van der Waals surface area contributed by atoms with Crippen LogP contribution in [0.15, 0.2) is 12.2 Å². The normalized spacial score (nSPS) is 27.3. The van der Waals surface area contributed by atoms with Gasteiger partial charge >= 0.3 is 6.09 Å². The second-order valence-electron chi connectivity index (χ2n) is 3.21. The van der Waals surface area contributed by atoms with Gasteiger partial charge in [0.2, 0.25) is 0 Å². The lowest BCUT2D eigenvalue weighted by Crippen LogP contribution is -2.31. The van der Waals surface area contributed by atoms with Gasteiger partial charge in [-0.05, 0) is 25.2 Å². The third kappa shape index (κ3) is 3.16. The first kappa shape index (κ1) is 9.59. The number of nitriles is 1. The van der Waals surface area contributed by atoms with Crippen LogP contribution in [-0.4, -0.2) is 17.2 Å². The first-order valence-electron chi connectivity index (χ1n) is 4.28. The highest BCUT2D eigenvalue weighted by Crippen LogP contribution is 2.26. The Bertz CT molecular complexity index is 255. The van der Waals surface area contributed by atoms with E-state index in [-0.39, 0.29) is 6.04 Å². The summed E-state index contributed by atoms with van der Waals surface area (Å²) in [6.07, 6.45) is 4.99. The van der Waals surface area contributed by atoms with Crippen molar-refractivity contribution < 1.29 is 9.90 Å². The van der Waals surface area contributed by atoms with Crippen LogP contribution in [0.1, 0.15) is 19.3 Å². The molecule has 0 bridgehead atoms. The summed E-state index contributed by atoms with van der Waals surface area (Å²) in [5.41, 5.74) is 0. The Morgan fingerprint density at radius 2 is 2.38 bits per heavy atom. The maximum Gasteiger partial charge on any atom is 0.404 e. The van der Waals surface area contributed by atoms with E-state index in [1.54, 1.807) is 0 Å². The van der Waals surface area contributed by atoms with Gasteiger partial charge in [0, 0.05) is 12.1 Å². The van der Waals surface area contributed by atoms with Crippen molar-refractivity contribution in [3.8, 4) is 6.07 Å². The molecule has 0 spiro atoms. The molecule has 13 heavy (non-hydrogen) atoms. The first-order valence-corrected chi connectivity index (χ1v) is 4.28. The Labute approximate surface area is 76.9 Å². The van der Waals surface area contributed by atoms with Crippen LogP contribution in [0.5, 0.6) is 0 Å². The summed E-state index contributed by atoms with van der Waals surface area (Å²) in [6.45, 7) is 0. The minimum absolute atomic E-state index is 0.0610. The van der Waals surface area contributed by atoms with Crippen LogP contribution in [0.4, 0.5) is 4.79 Å². The number of rotatable bonds is 2. The summed E-state index contributed by atoms with van der Waals surface area (Å²) >= 11 is 0. The summed E-state index contributed by atoms with van der Waals surface area (Å²) < 4.78 is 0. The largest absolute Gasteiger partial charge is 0.465 e. The highest BCUT2D eigenvalue weighted by molar-refractivity contribution is 5.64. The summed E-state index contributed by atoms with van der Waals surface area (Å²) in [6, 6.07) is 1.99. The Balaban J connectivity index is 2.32. The lowest BCUT2D eigenvalue weighted by Gasteiger charge is -2.07. The van der Waals surface area contributed by atoms with Crippen molar-refractivity contribution in [2.75, 3.05) is 0 Å². The molecule has 1 aliphatic carbocycles. The zero-order valence-corrected chi connectivity index (χ0v) is 7.23. The molecule has 1 rings (SSSR count). The van der Waals surface area contributed by atoms with Crippen LogP contribution in [0, 0.1) is 17.2 Å². The average molecular weight is 180 g/mol. The number of hydrogen-bond donors (Lipinski definition) is 2. The van der Waals surface area contributed by atoms with E-state index in [0.717, 1.165) is 19.3 Å². The van der Waals surface area contributed by atoms with Crippen molar-refractivity contribution in [2.45, 2.75) is 25.3 Å². The Hall–Kier alpha value is -1.50. The van der Waals surface area contributed by atoms with Gasteiger partial charge in [-0.2, -0.15) is 5.26 Å². The van der Waals surface area contributed by atoms with E-state index in [4.69, 9.17) is 10.4 Å². The minimum Gasteiger partial charge on any atom is -0.465 e. The fourth-order valence-electron chi connectivity index (χ4n) is 1.68. The Morgan fingerprint density at radius 1 is 1.62 bits per heavy atom. The van der Waals surface area contributed by atoms with E-state index in [1.807, 2.05) is 12.1 Å². The molecule has 1 saturated carbocycles. The third-order valence-corrected chi connectivity index (χ3v) is 2.24. The molecule has 0 radical (unpaired) electrons. The topological polar surface area (TPSA) is 73.1 Å². The summed E-state index contributed by atoms with van der Waals surface area (Å²) in [5.74, 6) is 0.358. The van der Waals surface area contributed by atoms with E-state index in [2.05, 4.69) is 5.32 Å². The Kier molecular flexibility index (Phi) is 3.32. The average Bonchev–Trinajstić information content (AvgIpc) is 2.48. The lowest BCUT2D eigenvalue weighted by atomic mass is 10.1. The molecule has 0 aliphatic heterocycles. The maximum atomic E-state index is 10.3.